The average Bonchev–Trinajstić information content (AvgIpc) is 3.81. The first-order chi connectivity index (χ1) is 28.2. The van der Waals surface area contributed by atoms with Crippen LogP contribution < -0.4 is 4.90 Å². The third kappa shape index (κ3) is 5.48. The topological polar surface area (TPSA) is 16.1 Å². The molecule has 12 rings (SSSR count). The minimum Gasteiger partial charge on any atom is -0.310 e. The lowest BCUT2D eigenvalue weighted by atomic mass is 9.99. The molecule has 0 saturated heterocycles. The Kier molecular flexibility index (Phi) is 7.31. The van der Waals surface area contributed by atoms with Gasteiger partial charge in [-0.1, -0.05) is 109 Å². The van der Waals surface area contributed by atoms with Gasteiger partial charge < -0.3 is 4.90 Å². The number of anilines is 3. The van der Waals surface area contributed by atoms with Gasteiger partial charge in [-0.2, -0.15) is 0 Å². The zero-order valence-corrected chi connectivity index (χ0v) is 32.3. The van der Waals surface area contributed by atoms with E-state index in [2.05, 4.69) is 192 Å². The summed E-state index contributed by atoms with van der Waals surface area (Å²) in [6.07, 6.45) is 1.85. The van der Waals surface area contributed by atoms with Crippen LogP contribution in [0.3, 0.4) is 0 Å². The van der Waals surface area contributed by atoms with Crippen LogP contribution in [0.15, 0.2) is 194 Å². The van der Waals surface area contributed by atoms with Crippen molar-refractivity contribution in [1.82, 2.24) is 4.98 Å². The van der Waals surface area contributed by atoms with Gasteiger partial charge in [0.2, 0.25) is 0 Å². The monoisotopic (exact) mass is 760 g/mol. The van der Waals surface area contributed by atoms with Gasteiger partial charge in [-0.3, -0.25) is 4.98 Å². The van der Waals surface area contributed by atoms with Gasteiger partial charge in [-0.25, -0.2) is 0 Å². The highest BCUT2D eigenvalue weighted by molar-refractivity contribution is 7.26. The molecule has 12 aromatic rings. The van der Waals surface area contributed by atoms with E-state index in [0.717, 1.165) is 28.0 Å². The quantitative estimate of drug-likeness (QED) is 0.174. The van der Waals surface area contributed by atoms with Crippen LogP contribution in [0.2, 0.25) is 0 Å². The summed E-state index contributed by atoms with van der Waals surface area (Å²) in [7, 11) is 0. The van der Waals surface area contributed by atoms with Crippen LogP contribution in [-0.4, -0.2) is 4.98 Å². The fourth-order valence-electron chi connectivity index (χ4n) is 8.54. The maximum atomic E-state index is 4.49. The number of aromatic nitrogens is 1. The second kappa shape index (κ2) is 12.9. The highest BCUT2D eigenvalue weighted by Crippen LogP contribution is 2.44. The molecular weight excluding hydrogens is 729 g/mol. The molecule has 3 heterocycles. The number of fused-ring (bicyclic) bond motifs is 9. The molecule has 3 aromatic heterocycles. The number of nitrogens with zero attached hydrogens (tertiary/aromatic N) is 2. The Bertz CT molecular complexity index is 3370. The van der Waals surface area contributed by atoms with Gasteiger partial charge in [0, 0.05) is 69.0 Å². The highest BCUT2D eigenvalue weighted by atomic mass is 32.1. The molecule has 4 heteroatoms. The molecule has 57 heavy (non-hydrogen) atoms. The third-order valence-electron chi connectivity index (χ3n) is 11.4. The van der Waals surface area contributed by atoms with Crippen molar-refractivity contribution in [1.29, 1.82) is 0 Å². The van der Waals surface area contributed by atoms with E-state index < -0.39 is 0 Å². The number of benzene rings is 9. The number of hydrogen-bond acceptors (Lipinski definition) is 4. The molecule has 0 unspecified atom stereocenters. The average molecular weight is 761 g/mol. The molecule has 0 fully saturated rings. The molecule has 0 aliphatic heterocycles. The van der Waals surface area contributed by atoms with Crippen LogP contribution in [0.1, 0.15) is 0 Å². The van der Waals surface area contributed by atoms with Gasteiger partial charge in [-0.05, 0) is 123 Å². The van der Waals surface area contributed by atoms with E-state index >= 15 is 0 Å². The second-order valence-electron chi connectivity index (χ2n) is 14.8. The summed E-state index contributed by atoms with van der Waals surface area (Å²) in [4.78, 5) is 6.91. The van der Waals surface area contributed by atoms with Crippen molar-refractivity contribution >= 4 is 113 Å². The Morgan fingerprint density at radius 3 is 1.32 bits per heavy atom. The summed E-state index contributed by atoms with van der Waals surface area (Å²) in [5, 5.41) is 11.5. The predicted molar refractivity (Wildman–Crippen MR) is 248 cm³/mol. The Balaban J connectivity index is 0.957. The molecule has 0 spiro atoms. The summed E-state index contributed by atoms with van der Waals surface area (Å²) < 4.78 is 5.22. The number of pyridine rings is 1. The first-order valence-corrected chi connectivity index (χ1v) is 20.9. The first kappa shape index (κ1) is 32.4. The standard InChI is InChI=1S/C53H32N2S2/c1-3-8-38-29-50-47(27-36(38)6-1)45-22-20-43(31-52(45)56-50)55(44-21-23-46-48-28-37-7-2-4-9-39(37)30-51(48)57-53(46)32-44)42-18-15-34(16-19-42)33-11-13-35(14-12-33)40-17-24-49-41(26-40)10-5-25-54-49/h1-32H. The molecule has 9 aromatic carbocycles. The smallest absolute Gasteiger partial charge is 0.0702 e. The number of thiophene rings is 2. The molecule has 0 saturated carbocycles. The number of rotatable bonds is 5. The van der Waals surface area contributed by atoms with Gasteiger partial charge >= 0.3 is 0 Å². The lowest BCUT2D eigenvalue weighted by Crippen LogP contribution is -2.09. The van der Waals surface area contributed by atoms with Crippen molar-refractivity contribution in [2.75, 3.05) is 4.90 Å². The Hall–Kier alpha value is -6.85. The van der Waals surface area contributed by atoms with Crippen molar-refractivity contribution < 1.29 is 0 Å². The van der Waals surface area contributed by atoms with Crippen molar-refractivity contribution in [3.8, 4) is 22.3 Å². The van der Waals surface area contributed by atoms with Gasteiger partial charge in [0.25, 0.3) is 0 Å². The maximum absolute atomic E-state index is 4.49. The van der Waals surface area contributed by atoms with Crippen LogP contribution in [-0.2, 0) is 0 Å². The van der Waals surface area contributed by atoms with Gasteiger partial charge in [0.1, 0.15) is 0 Å². The molecule has 0 bridgehead atoms. The van der Waals surface area contributed by atoms with E-state index in [-0.39, 0.29) is 0 Å². The van der Waals surface area contributed by atoms with Crippen LogP contribution in [0.5, 0.6) is 0 Å². The van der Waals surface area contributed by atoms with Gasteiger partial charge in [0.15, 0.2) is 0 Å². The Morgan fingerprint density at radius 2 is 0.754 bits per heavy atom. The van der Waals surface area contributed by atoms with Crippen LogP contribution in [0, 0.1) is 0 Å². The molecule has 266 valence electrons. The third-order valence-corrected chi connectivity index (χ3v) is 13.7. The molecule has 0 amide bonds. The highest BCUT2D eigenvalue weighted by Gasteiger charge is 2.18. The largest absolute Gasteiger partial charge is 0.310 e. The van der Waals surface area contributed by atoms with E-state index in [9.17, 15) is 0 Å². The van der Waals surface area contributed by atoms with Crippen molar-refractivity contribution in [3.05, 3.63) is 194 Å². The molecule has 0 N–H and O–H groups in total. The first-order valence-electron chi connectivity index (χ1n) is 19.2. The number of hydrogen-bond donors (Lipinski definition) is 0. The van der Waals surface area contributed by atoms with Crippen molar-refractivity contribution in [3.63, 3.8) is 0 Å². The molecule has 0 radical (unpaired) electrons. The van der Waals surface area contributed by atoms with Crippen LogP contribution in [0.4, 0.5) is 17.1 Å². The maximum Gasteiger partial charge on any atom is 0.0702 e. The van der Waals surface area contributed by atoms with E-state index in [1.165, 1.54) is 84.1 Å². The minimum absolute atomic E-state index is 1.02. The van der Waals surface area contributed by atoms with Crippen LogP contribution >= 0.6 is 22.7 Å². The summed E-state index contributed by atoms with van der Waals surface area (Å²) in [6.45, 7) is 0. The summed E-state index contributed by atoms with van der Waals surface area (Å²) in [5.74, 6) is 0. The van der Waals surface area contributed by atoms with E-state index in [1.807, 2.05) is 34.9 Å². The molecule has 0 aliphatic carbocycles. The predicted octanol–water partition coefficient (Wildman–Crippen LogP) is 16.1. The minimum atomic E-state index is 1.02. The fourth-order valence-corrected chi connectivity index (χ4v) is 10.9. The lowest BCUT2D eigenvalue weighted by molar-refractivity contribution is 1.30. The normalized spacial score (nSPS) is 11.9. The lowest BCUT2D eigenvalue weighted by Gasteiger charge is -2.26. The van der Waals surface area contributed by atoms with Crippen molar-refractivity contribution in [2.24, 2.45) is 0 Å². The van der Waals surface area contributed by atoms with Crippen molar-refractivity contribution in [2.45, 2.75) is 0 Å². The molecule has 0 aliphatic rings. The summed E-state index contributed by atoms with van der Waals surface area (Å²) >= 11 is 3.75. The van der Waals surface area contributed by atoms with E-state index in [0.29, 0.717) is 0 Å². The molecule has 2 nitrogen and oxygen atoms in total. The zero-order chi connectivity index (χ0) is 37.5. The molecular formula is C53H32N2S2. The zero-order valence-electron chi connectivity index (χ0n) is 30.7. The summed E-state index contributed by atoms with van der Waals surface area (Å²) in [5.41, 5.74) is 9.20. The van der Waals surface area contributed by atoms with Gasteiger partial charge in [0.05, 0.1) is 5.52 Å². The fraction of sp³-hybridized carbons (Fsp3) is 0. The Labute approximate surface area is 337 Å². The van der Waals surface area contributed by atoms with E-state index in [4.69, 9.17) is 0 Å². The molecule has 0 atom stereocenters. The summed E-state index contributed by atoms with van der Waals surface area (Å²) in [6, 6.07) is 69.2. The van der Waals surface area contributed by atoms with Gasteiger partial charge in [-0.15, -0.1) is 22.7 Å². The second-order valence-corrected chi connectivity index (χ2v) is 17.0. The Morgan fingerprint density at radius 1 is 0.316 bits per heavy atom. The van der Waals surface area contributed by atoms with Crippen LogP contribution in [0.25, 0.3) is 95.0 Å². The van der Waals surface area contributed by atoms with E-state index in [1.54, 1.807) is 0 Å². The SMILES string of the molecule is c1ccc2cc3c(cc2c1)sc1cc(N(c2ccc(-c4ccc(-c5ccc6ncccc6c5)cc4)cc2)c2ccc4c(c2)sc2cc5ccccc5cc24)ccc13.